The van der Waals surface area contributed by atoms with Crippen LogP contribution in [0.15, 0.2) is 24.3 Å². The van der Waals surface area contributed by atoms with E-state index in [2.05, 4.69) is 15.9 Å². The summed E-state index contributed by atoms with van der Waals surface area (Å²) in [4.78, 5) is 0. The highest BCUT2D eigenvalue weighted by Gasteiger charge is 1.99. The summed E-state index contributed by atoms with van der Waals surface area (Å²) in [5, 5.41) is 0.890. The molecule has 0 N–H and O–H groups in total. The lowest BCUT2D eigenvalue weighted by molar-refractivity contribution is 0.411. The van der Waals surface area contributed by atoms with Gasteiger partial charge in [0.2, 0.25) is 0 Å². The molecule has 0 spiro atoms. The predicted molar refractivity (Wildman–Crippen MR) is 60.4 cm³/mol. The van der Waals surface area contributed by atoms with Crippen LogP contribution in [0.3, 0.4) is 0 Å². The van der Waals surface area contributed by atoms with Gasteiger partial charge < -0.3 is 4.74 Å². The topological polar surface area (TPSA) is 9.23 Å². The molecule has 0 amide bonds. The van der Waals surface area contributed by atoms with E-state index in [9.17, 15) is 4.39 Å². The second-order valence-corrected chi connectivity index (χ2v) is 3.56. The second kappa shape index (κ2) is 5.81. The highest BCUT2D eigenvalue weighted by molar-refractivity contribution is 9.09. The Labute approximate surface area is 91.7 Å². The molecule has 0 bridgehead atoms. The van der Waals surface area contributed by atoms with Crippen molar-refractivity contribution in [3.05, 3.63) is 35.7 Å². The largest absolute Gasteiger partial charge is 0.497 e. The van der Waals surface area contributed by atoms with Gasteiger partial charge in [-0.15, -0.1) is 0 Å². The molecular weight excluding hydrogens is 247 g/mol. The number of methoxy groups -OCH3 is 1. The van der Waals surface area contributed by atoms with Crippen molar-refractivity contribution in [3.63, 3.8) is 0 Å². The van der Waals surface area contributed by atoms with E-state index in [4.69, 9.17) is 4.74 Å². The summed E-state index contributed by atoms with van der Waals surface area (Å²) in [5.74, 6) is 0.287. The Bertz CT molecular complexity index is 323. The highest BCUT2D eigenvalue weighted by Crippen LogP contribution is 2.17. The van der Waals surface area contributed by atoms with Gasteiger partial charge in [-0.3, -0.25) is 0 Å². The average molecular weight is 259 g/mol. The summed E-state index contributed by atoms with van der Waals surface area (Å²) in [6, 6.07) is 4.84. The number of rotatable bonds is 4. The van der Waals surface area contributed by atoms with Gasteiger partial charge in [-0.2, -0.15) is 0 Å². The first kappa shape index (κ1) is 11.2. The summed E-state index contributed by atoms with van der Waals surface area (Å²) in [7, 11) is 1.52. The third-order valence-corrected chi connectivity index (χ3v) is 2.24. The van der Waals surface area contributed by atoms with Gasteiger partial charge in [-0.1, -0.05) is 28.1 Å². The molecule has 0 aliphatic rings. The van der Waals surface area contributed by atoms with E-state index in [1.165, 1.54) is 13.2 Å². The zero-order chi connectivity index (χ0) is 10.4. The van der Waals surface area contributed by atoms with Gasteiger partial charge in [0.05, 0.1) is 7.11 Å². The Kier molecular flexibility index (Phi) is 4.66. The fourth-order valence-corrected chi connectivity index (χ4v) is 1.31. The molecule has 1 aromatic carbocycles. The molecule has 0 heterocycles. The zero-order valence-corrected chi connectivity index (χ0v) is 9.55. The van der Waals surface area contributed by atoms with Gasteiger partial charge in [-0.05, 0) is 18.6 Å². The molecular formula is C11H12BrFO. The van der Waals surface area contributed by atoms with Crippen molar-refractivity contribution in [1.82, 2.24) is 0 Å². The standard InChI is InChI=1S/C11H12BrFO/c1-14-10-6-5-9(11(13)8-10)4-2-3-7-12/h2,4-6,8H,3,7H2,1H3. The van der Waals surface area contributed by atoms with Gasteiger partial charge in [-0.25, -0.2) is 4.39 Å². The third kappa shape index (κ3) is 3.14. The van der Waals surface area contributed by atoms with Crippen LogP contribution in [0.2, 0.25) is 0 Å². The van der Waals surface area contributed by atoms with Crippen molar-refractivity contribution in [2.75, 3.05) is 12.4 Å². The smallest absolute Gasteiger partial charge is 0.134 e. The molecule has 0 fully saturated rings. The van der Waals surface area contributed by atoms with Crippen LogP contribution in [0.25, 0.3) is 6.08 Å². The minimum absolute atomic E-state index is 0.254. The van der Waals surface area contributed by atoms with Gasteiger partial charge in [0.1, 0.15) is 11.6 Å². The first-order valence-corrected chi connectivity index (χ1v) is 5.46. The van der Waals surface area contributed by atoms with E-state index in [1.807, 2.05) is 6.08 Å². The number of ether oxygens (including phenoxy) is 1. The van der Waals surface area contributed by atoms with Gasteiger partial charge in [0, 0.05) is 17.0 Å². The lowest BCUT2D eigenvalue weighted by Crippen LogP contribution is -1.86. The van der Waals surface area contributed by atoms with E-state index in [1.54, 1.807) is 18.2 Å². The molecule has 0 aliphatic carbocycles. The van der Waals surface area contributed by atoms with Crippen LogP contribution in [0.1, 0.15) is 12.0 Å². The minimum atomic E-state index is -0.254. The van der Waals surface area contributed by atoms with Crippen molar-refractivity contribution in [1.29, 1.82) is 0 Å². The summed E-state index contributed by atoms with van der Waals surface area (Å²) in [6.45, 7) is 0. The number of allylic oxidation sites excluding steroid dienone is 1. The molecule has 0 unspecified atom stereocenters. The number of halogens is 2. The van der Waals surface area contributed by atoms with Crippen molar-refractivity contribution >= 4 is 22.0 Å². The highest BCUT2D eigenvalue weighted by atomic mass is 79.9. The molecule has 0 aromatic heterocycles. The molecule has 1 rings (SSSR count). The maximum absolute atomic E-state index is 13.3. The van der Waals surface area contributed by atoms with Crippen LogP contribution < -0.4 is 4.74 Å². The van der Waals surface area contributed by atoms with Crippen LogP contribution >= 0.6 is 15.9 Å². The molecule has 3 heteroatoms. The normalized spacial score (nSPS) is 10.8. The van der Waals surface area contributed by atoms with E-state index in [0.29, 0.717) is 11.3 Å². The second-order valence-electron chi connectivity index (χ2n) is 2.77. The molecule has 1 aromatic rings. The van der Waals surface area contributed by atoms with E-state index in [0.717, 1.165) is 11.8 Å². The number of benzene rings is 1. The van der Waals surface area contributed by atoms with Crippen molar-refractivity contribution in [2.45, 2.75) is 6.42 Å². The van der Waals surface area contributed by atoms with Crippen LogP contribution in [0.5, 0.6) is 5.75 Å². The summed E-state index contributed by atoms with van der Waals surface area (Å²) < 4.78 is 18.2. The summed E-state index contributed by atoms with van der Waals surface area (Å²) in [5.41, 5.74) is 0.590. The van der Waals surface area contributed by atoms with E-state index >= 15 is 0 Å². The molecule has 0 aliphatic heterocycles. The summed E-state index contributed by atoms with van der Waals surface area (Å²) in [6.07, 6.45) is 4.60. The third-order valence-electron chi connectivity index (χ3n) is 1.78. The number of hydrogen-bond acceptors (Lipinski definition) is 1. The fraction of sp³-hybridized carbons (Fsp3) is 0.273. The van der Waals surface area contributed by atoms with Crippen molar-refractivity contribution in [3.8, 4) is 5.75 Å². The van der Waals surface area contributed by atoms with Gasteiger partial charge in [0.15, 0.2) is 0 Å². The molecule has 76 valence electrons. The van der Waals surface area contributed by atoms with Crippen LogP contribution in [0, 0.1) is 5.82 Å². The first-order valence-electron chi connectivity index (χ1n) is 4.34. The van der Waals surface area contributed by atoms with E-state index in [-0.39, 0.29) is 5.82 Å². The quantitative estimate of drug-likeness (QED) is 0.750. The Morgan fingerprint density at radius 1 is 1.50 bits per heavy atom. The number of hydrogen-bond donors (Lipinski definition) is 0. The number of alkyl halides is 1. The zero-order valence-electron chi connectivity index (χ0n) is 7.97. The fourth-order valence-electron chi connectivity index (χ4n) is 1.04. The summed E-state index contributed by atoms with van der Waals surface area (Å²) >= 11 is 3.30. The minimum Gasteiger partial charge on any atom is -0.497 e. The Balaban J connectivity index is 2.78. The van der Waals surface area contributed by atoms with Crippen molar-refractivity contribution in [2.24, 2.45) is 0 Å². The maximum Gasteiger partial charge on any atom is 0.134 e. The Hall–Kier alpha value is -0.830. The monoisotopic (exact) mass is 258 g/mol. The molecule has 0 radical (unpaired) electrons. The molecule has 0 atom stereocenters. The molecule has 0 saturated carbocycles. The maximum atomic E-state index is 13.3. The lowest BCUT2D eigenvalue weighted by Gasteiger charge is -2.01. The average Bonchev–Trinajstić information content (AvgIpc) is 2.20. The SMILES string of the molecule is COc1ccc(C=CCCBr)c(F)c1. The van der Waals surface area contributed by atoms with Crippen molar-refractivity contribution < 1.29 is 9.13 Å². The van der Waals surface area contributed by atoms with Crippen LogP contribution in [0.4, 0.5) is 4.39 Å². The van der Waals surface area contributed by atoms with Gasteiger partial charge >= 0.3 is 0 Å². The first-order chi connectivity index (χ1) is 6.77. The molecule has 0 saturated heterocycles. The Morgan fingerprint density at radius 3 is 2.86 bits per heavy atom. The Morgan fingerprint density at radius 2 is 2.29 bits per heavy atom. The molecule has 1 nitrogen and oxygen atoms in total. The predicted octanol–water partition coefficient (Wildman–Crippen LogP) is 3.63. The lowest BCUT2D eigenvalue weighted by atomic mass is 10.2. The van der Waals surface area contributed by atoms with Gasteiger partial charge in [0.25, 0.3) is 0 Å². The van der Waals surface area contributed by atoms with E-state index < -0.39 is 0 Å². The van der Waals surface area contributed by atoms with Crippen LogP contribution in [-0.2, 0) is 0 Å². The molecule has 14 heavy (non-hydrogen) atoms. The van der Waals surface area contributed by atoms with Crippen LogP contribution in [-0.4, -0.2) is 12.4 Å².